The fourth-order valence-electron chi connectivity index (χ4n) is 10.2. The van der Waals surface area contributed by atoms with Gasteiger partial charge in [0.05, 0.1) is 37.6 Å². The number of aliphatic hydroxyl groups is 1. The lowest BCUT2D eigenvalue weighted by atomic mass is 9.73. The number of fused-ring (bicyclic) bond motifs is 9. The predicted octanol–water partition coefficient (Wildman–Crippen LogP) is 3.63. The topological polar surface area (TPSA) is 175 Å². The van der Waals surface area contributed by atoms with Crippen LogP contribution >= 0.6 is 11.8 Å². The van der Waals surface area contributed by atoms with Crippen LogP contribution in [0.5, 0.6) is 40.2 Å². The molecule has 4 bridgehead atoms. The van der Waals surface area contributed by atoms with Crippen LogP contribution in [0.3, 0.4) is 0 Å². The Balaban J connectivity index is 1.30. The lowest BCUT2D eigenvalue weighted by molar-refractivity contribution is -0.186. The number of phenols is 1. The second-order valence-electron chi connectivity index (χ2n) is 15.5. The summed E-state index contributed by atoms with van der Waals surface area (Å²) in [5.74, 6) is 0.657. The van der Waals surface area contributed by atoms with Crippen molar-refractivity contribution in [1.29, 1.82) is 0 Å². The maximum absolute atomic E-state index is 14.8. The van der Waals surface area contributed by atoms with Crippen molar-refractivity contribution in [1.82, 2.24) is 15.1 Å². The number of rotatable bonds is 4. The molecule has 0 radical (unpaired) electrons. The third-order valence-corrected chi connectivity index (χ3v) is 14.0. The molecule has 3 aromatic carbocycles. The quantitative estimate of drug-likeness (QED) is 0.258. The number of hydrogen-bond acceptors (Lipinski definition) is 16. The van der Waals surface area contributed by atoms with E-state index in [1.807, 2.05) is 31.9 Å². The highest BCUT2D eigenvalue weighted by molar-refractivity contribution is 7.99. The number of benzene rings is 3. The van der Waals surface area contributed by atoms with Gasteiger partial charge in [0.1, 0.15) is 18.6 Å². The monoisotopic (exact) mass is 803 g/mol. The zero-order chi connectivity index (χ0) is 40.2. The molecule has 0 saturated carbocycles. The molecule has 0 amide bonds. The normalized spacial score (nSPS) is 28.4. The van der Waals surface area contributed by atoms with Crippen molar-refractivity contribution in [3.63, 3.8) is 0 Å². The molecule has 10 rings (SSSR count). The number of aliphatic hydroxyl groups excluding tert-OH is 1. The highest BCUT2D eigenvalue weighted by Crippen LogP contribution is 2.64. The summed E-state index contributed by atoms with van der Waals surface area (Å²) in [5.41, 5.74) is 4.23. The smallest absolute Gasteiger partial charge is 0.331 e. The lowest BCUT2D eigenvalue weighted by Crippen LogP contribution is -2.70. The average Bonchev–Trinajstić information content (AvgIpc) is 3.66. The standard InChI is InChI=1S/C41H45N3O12S/c1-17-10-22-11-24-39(48)44-25-14-52-40(49)41(23-13-26(50-6)27(55-19(3)45)12-21(23)8-9-42-41)15-57-38(32(44)31(43(24)5)28(22)33(47)34(17)51-7)30-29(25)37-36(53-16-54-37)18(2)35(30)56-20(4)46/h10,12-13,24-25,31-32,38-39,42,47-48H,8-9,11,14-16H2,1-7H3/t24-,25-,31+,32?,38+,39-,41+/m0/s1. The van der Waals surface area contributed by atoms with E-state index in [4.69, 9.17) is 33.2 Å². The van der Waals surface area contributed by atoms with E-state index >= 15 is 0 Å². The molecule has 7 aliphatic rings. The first-order valence-electron chi connectivity index (χ1n) is 19.0. The Morgan fingerprint density at radius 2 is 1.70 bits per heavy atom. The van der Waals surface area contributed by atoms with E-state index in [1.54, 1.807) is 12.1 Å². The number of esters is 3. The second-order valence-corrected chi connectivity index (χ2v) is 16.6. The first kappa shape index (κ1) is 37.8. The summed E-state index contributed by atoms with van der Waals surface area (Å²) in [5, 5.41) is 27.5. The molecule has 15 nitrogen and oxygen atoms in total. The van der Waals surface area contributed by atoms with Crippen molar-refractivity contribution < 1.29 is 57.8 Å². The van der Waals surface area contributed by atoms with Gasteiger partial charge in [-0.2, -0.15) is 0 Å². The van der Waals surface area contributed by atoms with Crippen molar-refractivity contribution in [2.45, 2.75) is 81.7 Å². The van der Waals surface area contributed by atoms with Gasteiger partial charge in [-0.05, 0) is 68.1 Å². The summed E-state index contributed by atoms with van der Waals surface area (Å²) >= 11 is 1.46. The van der Waals surface area contributed by atoms with Crippen molar-refractivity contribution in [2.24, 2.45) is 0 Å². The summed E-state index contributed by atoms with van der Waals surface area (Å²) in [6.45, 7) is 6.50. The minimum Gasteiger partial charge on any atom is -0.504 e. The predicted molar refractivity (Wildman–Crippen MR) is 204 cm³/mol. The molecule has 7 heterocycles. The van der Waals surface area contributed by atoms with Gasteiger partial charge < -0.3 is 43.4 Å². The molecule has 57 heavy (non-hydrogen) atoms. The van der Waals surface area contributed by atoms with E-state index in [0.717, 1.165) is 16.7 Å². The summed E-state index contributed by atoms with van der Waals surface area (Å²) < 4.78 is 41.7. The molecule has 3 aromatic rings. The Labute approximate surface area is 333 Å². The van der Waals surface area contributed by atoms with Gasteiger partial charge in [0, 0.05) is 54.4 Å². The van der Waals surface area contributed by atoms with E-state index < -0.39 is 59.1 Å². The number of likely N-dealkylation sites (N-methyl/N-ethyl adjacent to an activating group) is 1. The van der Waals surface area contributed by atoms with Crippen LogP contribution < -0.4 is 33.7 Å². The van der Waals surface area contributed by atoms with Crippen LogP contribution in [0, 0.1) is 13.8 Å². The van der Waals surface area contributed by atoms with Crippen LogP contribution in [0.1, 0.15) is 75.7 Å². The highest BCUT2D eigenvalue weighted by atomic mass is 32.2. The number of nitrogens with zero attached hydrogens (tertiary/aromatic N) is 2. The van der Waals surface area contributed by atoms with Crippen molar-refractivity contribution in [3.05, 3.63) is 62.7 Å². The number of aromatic hydroxyl groups is 1. The van der Waals surface area contributed by atoms with Crippen LogP contribution in [0.25, 0.3) is 0 Å². The zero-order valence-corrected chi connectivity index (χ0v) is 33.5. The summed E-state index contributed by atoms with van der Waals surface area (Å²) in [6, 6.07) is 3.18. The molecule has 0 aliphatic carbocycles. The largest absolute Gasteiger partial charge is 0.504 e. The van der Waals surface area contributed by atoms with Crippen molar-refractivity contribution in [3.8, 4) is 40.2 Å². The minimum absolute atomic E-state index is 0.0286. The molecule has 7 aliphatic heterocycles. The van der Waals surface area contributed by atoms with E-state index in [0.29, 0.717) is 70.2 Å². The maximum atomic E-state index is 14.8. The number of carbonyl (C=O) groups is 3. The molecule has 1 unspecified atom stereocenters. The van der Waals surface area contributed by atoms with Gasteiger partial charge in [0.2, 0.25) is 6.79 Å². The fraction of sp³-hybridized carbons (Fsp3) is 0.488. The summed E-state index contributed by atoms with van der Waals surface area (Å²) in [4.78, 5) is 43.9. The van der Waals surface area contributed by atoms with Gasteiger partial charge in [-0.25, -0.2) is 4.79 Å². The number of ether oxygens (including phenoxy) is 7. The van der Waals surface area contributed by atoms with Crippen molar-refractivity contribution in [2.75, 3.05) is 47.0 Å². The first-order valence-corrected chi connectivity index (χ1v) is 20.0. The number of carbonyl (C=O) groups excluding carboxylic acids is 3. The first-order chi connectivity index (χ1) is 27.3. The number of aryl methyl sites for hydroxylation is 1. The average molecular weight is 804 g/mol. The van der Waals surface area contributed by atoms with Gasteiger partial charge in [-0.3, -0.25) is 24.7 Å². The number of methoxy groups -OCH3 is 2. The summed E-state index contributed by atoms with van der Waals surface area (Å²) in [7, 11) is 4.95. The number of phenolic OH excluding ortho intramolecular Hbond substituents is 1. The Bertz CT molecular complexity index is 2250. The number of piperazine rings is 1. The SMILES string of the molecule is COc1cc2c(cc1OC(C)=O)CCN[C@]21CS[C@@H]2c3c(OC(C)=O)c(C)c4c(c3[C@H](COC1=O)N1C2[C@H]2c3c(cc(C)c(OC)c3O)C[C@@H]([C@@H]1O)N2C)OCO4. The number of thioether (sulfide) groups is 1. The van der Waals surface area contributed by atoms with Crippen LogP contribution in [-0.4, -0.2) is 103 Å². The molecule has 0 aromatic heterocycles. The summed E-state index contributed by atoms with van der Waals surface area (Å²) in [6.07, 6.45) is -0.0837. The second kappa shape index (κ2) is 13.7. The van der Waals surface area contributed by atoms with Crippen molar-refractivity contribution >= 4 is 29.7 Å². The molecule has 2 saturated heterocycles. The molecular formula is C41H45N3O12S. The van der Waals surface area contributed by atoms with Gasteiger partial charge in [0.15, 0.2) is 40.0 Å². The van der Waals surface area contributed by atoms with E-state index in [9.17, 15) is 24.6 Å². The molecule has 2 fully saturated rings. The molecular weight excluding hydrogens is 759 g/mol. The van der Waals surface area contributed by atoms with E-state index in [-0.39, 0.29) is 36.4 Å². The van der Waals surface area contributed by atoms with Crippen LogP contribution in [0.15, 0.2) is 18.2 Å². The van der Waals surface area contributed by atoms with Gasteiger partial charge in [0.25, 0.3) is 0 Å². The Morgan fingerprint density at radius 1 is 0.947 bits per heavy atom. The minimum atomic E-state index is -1.40. The number of nitrogens with one attached hydrogen (secondary N) is 1. The molecule has 3 N–H and O–H groups in total. The van der Waals surface area contributed by atoms with Gasteiger partial charge in [-0.15, -0.1) is 11.8 Å². The molecule has 1 spiro atoms. The van der Waals surface area contributed by atoms with Gasteiger partial charge >= 0.3 is 17.9 Å². The third kappa shape index (κ3) is 5.44. The van der Waals surface area contributed by atoms with Crippen LogP contribution in [0.2, 0.25) is 0 Å². The van der Waals surface area contributed by atoms with Crippen LogP contribution in [-0.2, 0) is 37.5 Å². The van der Waals surface area contributed by atoms with E-state index in [2.05, 4.69) is 10.2 Å². The Hall–Kier alpha value is -4.74. The Kier molecular flexibility index (Phi) is 9.08. The maximum Gasteiger partial charge on any atom is 0.331 e. The number of hydrogen-bond donors (Lipinski definition) is 3. The van der Waals surface area contributed by atoms with E-state index in [1.165, 1.54) is 39.8 Å². The fourth-order valence-corrected chi connectivity index (χ4v) is 11.9. The van der Waals surface area contributed by atoms with Gasteiger partial charge in [-0.1, -0.05) is 6.07 Å². The molecule has 302 valence electrons. The molecule has 16 heteroatoms. The third-order valence-electron chi connectivity index (χ3n) is 12.5. The molecule has 7 atom stereocenters. The lowest BCUT2D eigenvalue weighted by Gasteiger charge is -2.62. The zero-order valence-electron chi connectivity index (χ0n) is 32.7. The van der Waals surface area contributed by atoms with Crippen LogP contribution in [0.4, 0.5) is 0 Å². The Morgan fingerprint density at radius 3 is 2.42 bits per heavy atom. The highest BCUT2D eigenvalue weighted by Gasteiger charge is 2.61.